The van der Waals surface area contributed by atoms with Crippen molar-refractivity contribution in [2.45, 2.75) is 58.1 Å². The van der Waals surface area contributed by atoms with E-state index in [1.54, 1.807) is 6.92 Å². The van der Waals surface area contributed by atoms with Crippen molar-refractivity contribution in [1.82, 2.24) is 5.32 Å². The average molecular weight is 333 g/mol. The number of hydrogen-bond acceptors (Lipinski definition) is 4. The second kappa shape index (κ2) is 9.96. The van der Waals surface area contributed by atoms with Crippen LogP contribution in [0.4, 0.5) is 4.79 Å². The minimum atomic E-state index is -0.628. The van der Waals surface area contributed by atoms with Gasteiger partial charge in [-0.15, -0.1) is 0 Å². The van der Waals surface area contributed by atoms with E-state index >= 15 is 0 Å². The molecular formula is C19H27NO4. The fraction of sp³-hybridized carbons (Fsp3) is 0.579. The van der Waals surface area contributed by atoms with Gasteiger partial charge in [-0.2, -0.15) is 0 Å². The molecule has 1 aliphatic carbocycles. The van der Waals surface area contributed by atoms with Crippen molar-refractivity contribution in [3.8, 4) is 0 Å². The standard InChI is InChI=1S/C19H27NO4/c1-2-23-18(21)17(13-15-9-5-3-6-10-15)20-19(22)24-14-16-11-7-4-8-12-16/h4,7-8,11-12,15,17H,2-3,5-6,9-10,13-14H2,1H3,(H,20,22)/t17-/m0/s1. The number of ether oxygens (including phenoxy) is 2. The third-order valence-electron chi connectivity index (χ3n) is 4.37. The Balaban J connectivity index is 1.85. The fourth-order valence-electron chi connectivity index (χ4n) is 3.12. The van der Waals surface area contributed by atoms with Crippen LogP contribution >= 0.6 is 0 Å². The summed E-state index contributed by atoms with van der Waals surface area (Å²) in [5, 5.41) is 2.68. The second-order valence-corrected chi connectivity index (χ2v) is 6.25. The van der Waals surface area contributed by atoms with Crippen molar-refractivity contribution < 1.29 is 19.1 Å². The van der Waals surface area contributed by atoms with Crippen LogP contribution in [0.5, 0.6) is 0 Å². The van der Waals surface area contributed by atoms with Gasteiger partial charge in [0.05, 0.1) is 6.61 Å². The first-order valence-electron chi connectivity index (χ1n) is 8.83. The van der Waals surface area contributed by atoms with Gasteiger partial charge >= 0.3 is 12.1 Å². The second-order valence-electron chi connectivity index (χ2n) is 6.25. The smallest absolute Gasteiger partial charge is 0.408 e. The third kappa shape index (κ3) is 6.22. The Morgan fingerprint density at radius 1 is 1.12 bits per heavy atom. The molecule has 2 rings (SSSR count). The van der Waals surface area contributed by atoms with Gasteiger partial charge in [-0.05, 0) is 24.8 Å². The van der Waals surface area contributed by atoms with Crippen LogP contribution in [0.25, 0.3) is 0 Å². The van der Waals surface area contributed by atoms with Gasteiger partial charge in [0.25, 0.3) is 0 Å². The Hall–Kier alpha value is -2.04. The molecule has 0 saturated heterocycles. The van der Waals surface area contributed by atoms with Crippen molar-refractivity contribution >= 4 is 12.1 Å². The van der Waals surface area contributed by atoms with E-state index in [1.807, 2.05) is 30.3 Å². The molecule has 5 nitrogen and oxygen atoms in total. The molecule has 1 saturated carbocycles. The summed E-state index contributed by atoms with van der Waals surface area (Å²) in [5.41, 5.74) is 0.910. The van der Waals surface area contributed by atoms with Crippen LogP contribution in [0.15, 0.2) is 30.3 Å². The van der Waals surface area contributed by atoms with Crippen LogP contribution < -0.4 is 5.32 Å². The fourth-order valence-corrected chi connectivity index (χ4v) is 3.12. The lowest BCUT2D eigenvalue weighted by Gasteiger charge is -2.25. The number of esters is 1. The summed E-state index contributed by atoms with van der Waals surface area (Å²) in [6.45, 7) is 2.26. The van der Waals surface area contributed by atoms with Crippen molar-refractivity contribution in [1.29, 1.82) is 0 Å². The van der Waals surface area contributed by atoms with E-state index in [0.29, 0.717) is 18.9 Å². The molecule has 1 atom stereocenters. The summed E-state index contributed by atoms with van der Waals surface area (Å²) in [4.78, 5) is 24.2. The summed E-state index contributed by atoms with van der Waals surface area (Å²) in [6, 6.07) is 8.83. The largest absolute Gasteiger partial charge is 0.464 e. The monoisotopic (exact) mass is 333 g/mol. The normalized spacial score (nSPS) is 16.2. The van der Waals surface area contributed by atoms with Crippen molar-refractivity contribution in [3.05, 3.63) is 35.9 Å². The Morgan fingerprint density at radius 3 is 2.50 bits per heavy atom. The molecule has 5 heteroatoms. The minimum Gasteiger partial charge on any atom is -0.464 e. The lowest BCUT2D eigenvalue weighted by atomic mass is 9.85. The van der Waals surface area contributed by atoms with E-state index in [1.165, 1.54) is 19.3 Å². The third-order valence-corrected chi connectivity index (χ3v) is 4.37. The molecule has 0 radical (unpaired) electrons. The van der Waals surface area contributed by atoms with Gasteiger partial charge in [0.2, 0.25) is 0 Å². The molecule has 1 aromatic rings. The Bertz CT molecular complexity index is 511. The number of nitrogens with one attached hydrogen (secondary N) is 1. The maximum atomic E-state index is 12.1. The highest BCUT2D eigenvalue weighted by Gasteiger charge is 2.27. The summed E-state index contributed by atoms with van der Waals surface area (Å²) in [7, 11) is 0. The summed E-state index contributed by atoms with van der Waals surface area (Å²) in [5.74, 6) is 0.0855. The zero-order valence-corrected chi connectivity index (χ0v) is 14.3. The van der Waals surface area contributed by atoms with E-state index in [9.17, 15) is 9.59 Å². The zero-order chi connectivity index (χ0) is 17.2. The van der Waals surface area contributed by atoms with Crippen LogP contribution in [0.3, 0.4) is 0 Å². The SMILES string of the molecule is CCOC(=O)[C@H](CC1CCCCC1)NC(=O)OCc1ccccc1. The van der Waals surface area contributed by atoms with Crippen molar-refractivity contribution in [3.63, 3.8) is 0 Å². The Kier molecular flexibility index (Phi) is 7.59. The average Bonchev–Trinajstić information content (AvgIpc) is 2.61. The number of alkyl carbamates (subject to hydrolysis) is 1. The lowest BCUT2D eigenvalue weighted by molar-refractivity contribution is -0.146. The number of benzene rings is 1. The number of carbonyl (C=O) groups is 2. The first-order valence-corrected chi connectivity index (χ1v) is 8.83. The first-order chi connectivity index (χ1) is 11.7. The van der Waals surface area contributed by atoms with Gasteiger partial charge in [-0.3, -0.25) is 0 Å². The van der Waals surface area contributed by atoms with Gasteiger partial charge in [-0.25, -0.2) is 9.59 Å². The topological polar surface area (TPSA) is 64.6 Å². The Labute approximate surface area is 143 Å². The van der Waals surface area contributed by atoms with Gasteiger partial charge in [-0.1, -0.05) is 62.4 Å². The van der Waals surface area contributed by atoms with Crippen molar-refractivity contribution in [2.75, 3.05) is 6.61 Å². The summed E-state index contributed by atoms with van der Waals surface area (Å²) >= 11 is 0. The molecule has 0 aliphatic heterocycles. The molecule has 24 heavy (non-hydrogen) atoms. The summed E-state index contributed by atoms with van der Waals surface area (Å²) in [6.07, 6.45) is 5.91. The molecule has 0 aromatic heterocycles. The predicted molar refractivity (Wildman–Crippen MR) is 91.4 cm³/mol. The van der Waals surface area contributed by atoms with Crippen LogP contribution in [-0.4, -0.2) is 24.7 Å². The molecule has 1 N–H and O–H groups in total. The van der Waals surface area contributed by atoms with E-state index in [2.05, 4.69) is 5.32 Å². The van der Waals surface area contributed by atoms with Gasteiger partial charge in [0, 0.05) is 0 Å². The highest BCUT2D eigenvalue weighted by molar-refractivity contribution is 5.81. The minimum absolute atomic E-state index is 0.186. The van der Waals surface area contributed by atoms with Crippen LogP contribution in [-0.2, 0) is 20.9 Å². The van der Waals surface area contributed by atoms with Gasteiger partial charge in [0.1, 0.15) is 12.6 Å². The zero-order valence-electron chi connectivity index (χ0n) is 14.3. The van der Waals surface area contributed by atoms with Gasteiger partial charge < -0.3 is 14.8 Å². The van der Waals surface area contributed by atoms with E-state index < -0.39 is 12.1 Å². The predicted octanol–water partition coefficient (Wildman–Crippen LogP) is 3.81. The highest BCUT2D eigenvalue weighted by atomic mass is 16.6. The van der Waals surface area contributed by atoms with E-state index in [-0.39, 0.29) is 12.6 Å². The first kappa shape index (κ1) is 18.3. The van der Waals surface area contributed by atoms with E-state index in [4.69, 9.17) is 9.47 Å². The van der Waals surface area contributed by atoms with Crippen LogP contribution in [0.2, 0.25) is 0 Å². The van der Waals surface area contributed by atoms with Crippen LogP contribution in [0.1, 0.15) is 51.0 Å². The number of amides is 1. The molecule has 1 aliphatic rings. The van der Waals surface area contributed by atoms with Gasteiger partial charge in [0.15, 0.2) is 0 Å². The number of hydrogen-bond donors (Lipinski definition) is 1. The molecule has 0 bridgehead atoms. The molecular weight excluding hydrogens is 306 g/mol. The molecule has 1 amide bonds. The Morgan fingerprint density at radius 2 is 1.83 bits per heavy atom. The maximum absolute atomic E-state index is 12.1. The lowest BCUT2D eigenvalue weighted by Crippen LogP contribution is -2.43. The molecule has 1 aromatic carbocycles. The molecule has 0 spiro atoms. The molecule has 0 heterocycles. The van der Waals surface area contributed by atoms with Crippen molar-refractivity contribution in [2.24, 2.45) is 5.92 Å². The number of rotatable bonds is 7. The molecule has 132 valence electrons. The van der Waals surface area contributed by atoms with Crippen LogP contribution in [0, 0.1) is 5.92 Å². The van der Waals surface area contributed by atoms with E-state index in [0.717, 1.165) is 18.4 Å². The number of carbonyl (C=O) groups excluding carboxylic acids is 2. The molecule has 0 unspecified atom stereocenters. The quantitative estimate of drug-likeness (QED) is 0.771. The maximum Gasteiger partial charge on any atom is 0.408 e. The highest BCUT2D eigenvalue weighted by Crippen LogP contribution is 2.27. The molecule has 1 fully saturated rings. The summed E-state index contributed by atoms with van der Waals surface area (Å²) < 4.78 is 10.3.